The van der Waals surface area contributed by atoms with Crippen LogP contribution in [0.2, 0.25) is 0 Å². The number of aryl methyl sites for hydroxylation is 1. The number of alkyl halides is 1. The summed E-state index contributed by atoms with van der Waals surface area (Å²) >= 11 is 6.59. The van der Waals surface area contributed by atoms with Crippen LogP contribution in [-0.2, 0) is 17.1 Å². The van der Waals surface area contributed by atoms with Crippen molar-refractivity contribution >= 4 is 39.9 Å². The van der Waals surface area contributed by atoms with Crippen molar-refractivity contribution in [3.05, 3.63) is 48.4 Å². The Hall–Kier alpha value is -1.69. The smallest absolute Gasteiger partial charge is 0.262 e. The number of aromatic nitrogens is 2. The Kier molecular flexibility index (Phi) is 8.65. The van der Waals surface area contributed by atoms with Gasteiger partial charge in [-0.1, -0.05) is 24.6 Å². The second-order valence-corrected chi connectivity index (χ2v) is 11.4. The van der Waals surface area contributed by atoms with Gasteiger partial charge in [0.15, 0.2) is 5.03 Å². The van der Waals surface area contributed by atoms with Crippen molar-refractivity contribution in [2.45, 2.75) is 47.8 Å². The van der Waals surface area contributed by atoms with E-state index in [0.717, 1.165) is 19.3 Å². The van der Waals surface area contributed by atoms with Crippen LogP contribution in [0, 0.1) is 0 Å². The highest BCUT2D eigenvalue weighted by Crippen LogP contribution is 2.38. The van der Waals surface area contributed by atoms with Gasteiger partial charge in [0.25, 0.3) is 15.9 Å². The highest BCUT2D eigenvalue weighted by atomic mass is 35.5. The van der Waals surface area contributed by atoms with E-state index in [4.69, 9.17) is 17.3 Å². The van der Waals surface area contributed by atoms with E-state index in [2.05, 4.69) is 15.2 Å². The molecule has 1 aromatic carbocycles. The first kappa shape index (κ1) is 26.9. The van der Waals surface area contributed by atoms with Crippen LogP contribution in [0.4, 0.5) is 0 Å². The summed E-state index contributed by atoms with van der Waals surface area (Å²) in [5.74, 6) is -0.226. The molecule has 9 nitrogen and oxygen atoms in total. The van der Waals surface area contributed by atoms with Crippen LogP contribution in [0.3, 0.4) is 0 Å². The molecule has 4 rings (SSSR count). The largest absolute Gasteiger partial charge is 0.339 e. The number of nitrogens with two attached hydrogens (primary N) is 1. The lowest BCUT2D eigenvalue weighted by Crippen LogP contribution is -2.70. The third kappa shape index (κ3) is 5.42. The fourth-order valence-electron chi connectivity index (χ4n) is 4.96. The van der Waals surface area contributed by atoms with Gasteiger partial charge < -0.3 is 15.6 Å². The molecule has 188 valence electrons. The molecule has 3 atom stereocenters. The van der Waals surface area contributed by atoms with Crippen LogP contribution in [0.5, 0.6) is 0 Å². The maximum Gasteiger partial charge on any atom is 0.262 e. The molecular formula is C22H32Cl2N6O3S. The molecule has 1 saturated carbocycles. The number of carbonyl (C=O) groups excluding carboxylic acids is 1. The second-order valence-electron chi connectivity index (χ2n) is 8.88. The number of hydrogen-bond acceptors (Lipinski definition) is 6. The summed E-state index contributed by atoms with van der Waals surface area (Å²) < 4.78 is 29.0. The molecule has 1 aliphatic heterocycles. The Morgan fingerprint density at radius 1 is 1.24 bits per heavy atom. The van der Waals surface area contributed by atoms with Crippen molar-refractivity contribution in [2.24, 2.45) is 12.8 Å². The van der Waals surface area contributed by atoms with Gasteiger partial charge in [-0.15, -0.1) is 24.0 Å². The second kappa shape index (κ2) is 10.9. The molecule has 2 heterocycles. The minimum atomic E-state index is -3.65. The zero-order valence-corrected chi connectivity index (χ0v) is 21.5. The van der Waals surface area contributed by atoms with Crippen LogP contribution in [0.25, 0.3) is 0 Å². The Morgan fingerprint density at radius 3 is 2.50 bits per heavy atom. The molecule has 2 aliphatic rings. The highest BCUT2D eigenvalue weighted by Gasteiger charge is 2.47. The summed E-state index contributed by atoms with van der Waals surface area (Å²) in [5, 5.41) is 3.00. The zero-order valence-electron chi connectivity index (χ0n) is 19.1. The summed E-state index contributed by atoms with van der Waals surface area (Å²) in [5.41, 5.74) is 6.67. The average molecular weight is 532 g/mol. The van der Waals surface area contributed by atoms with Crippen LogP contribution in [-0.4, -0.2) is 76.3 Å². The van der Waals surface area contributed by atoms with Gasteiger partial charge in [-0.2, -0.15) is 4.31 Å². The number of rotatable bonds is 6. The van der Waals surface area contributed by atoms with Crippen LogP contribution in [0.1, 0.15) is 36.0 Å². The van der Waals surface area contributed by atoms with Gasteiger partial charge >= 0.3 is 0 Å². The number of nitrogens with one attached hydrogen (secondary N) is 1. The number of benzene rings is 1. The number of nitrogens with zero attached hydrogens (tertiary/aromatic N) is 4. The summed E-state index contributed by atoms with van der Waals surface area (Å²) in [6.45, 7) is 1.66. The maximum atomic E-state index is 13.0. The summed E-state index contributed by atoms with van der Waals surface area (Å²) in [6.07, 6.45) is 5.58. The van der Waals surface area contributed by atoms with Gasteiger partial charge in [0.1, 0.15) is 0 Å². The number of carbonyl (C=O) groups is 1. The van der Waals surface area contributed by atoms with Gasteiger partial charge in [0.05, 0.1) is 18.0 Å². The molecule has 0 radical (unpaired) electrons. The number of sulfonamides is 1. The Morgan fingerprint density at radius 2 is 1.91 bits per heavy atom. The van der Waals surface area contributed by atoms with E-state index in [9.17, 15) is 13.2 Å². The first-order valence-electron chi connectivity index (χ1n) is 11.2. The number of amides is 1. The van der Waals surface area contributed by atoms with E-state index >= 15 is 0 Å². The molecular weight excluding hydrogens is 499 g/mol. The fourth-order valence-corrected chi connectivity index (χ4v) is 6.77. The molecule has 3 unspecified atom stereocenters. The quantitative estimate of drug-likeness (QED) is 0.434. The normalized spacial score (nSPS) is 25.3. The average Bonchev–Trinajstić information content (AvgIpc) is 3.26. The predicted octanol–water partition coefficient (Wildman–Crippen LogP) is 1.78. The first-order chi connectivity index (χ1) is 15.7. The molecule has 34 heavy (non-hydrogen) atoms. The molecule has 2 fully saturated rings. The molecule has 1 amide bonds. The molecule has 2 aromatic rings. The summed E-state index contributed by atoms with van der Waals surface area (Å²) in [7, 11) is -1.91. The maximum absolute atomic E-state index is 13.0. The number of halogens is 2. The standard InChI is InChI=1S/C22H31ClN6O3S.ClH/c1-27-15-19(25-16-27)33(31,32)29-12-10-28(11-13-29)22(9-5-8-18(23)14-22)21(24)26-20(30)17-6-3-2-4-7-17;/h2-4,6-7,15-16,18,21H,5,8-14,24H2,1H3,(H,26,30);1H. The van der Waals surface area contributed by atoms with E-state index in [1.54, 1.807) is 23.7 Å². The van der Waals surface area contributed by atoms with E-state index in [0.29, 0.717) is 38.2 Å². The van der Waals surface area contributed by atoms with Crippen molar-refractivity contribution in [3.63, 3.8) is 0 Å². The van der Waals surface area contributed by atoms with Crippen LogP contribution < -0.4 is 11.1 Å². The van der Waals surface area contributed by atoms with Crippen LogP contribution in [0.15, 0.2) is 47.9 Å². The molecule has 12 heteroatoms. The summed E-state index contributed by atoms with van der Waals surface area (Å²) in [4.78, 5) is 19.1. The van der Waals surface area contributed by atoms with Gasteiger partial charge in [0.2, 0.25) is 0 Å². The Bertz CT molecular complexity index is 1080. The minimum Gasteiger partial charge on any atom is -0.339 e. The van der Waals surface area contributed by atoms with Crippen molar-refractivity contribution < 1.29 is 13.2 Å². The molecule has 0 bridgehead atoms. The summed E-state index contributed by atoms with van der Waals surface area (Å²) in [6, 6.07) is 8.98. The van der Waals surface area contributed by atoms with Crippen molar-refractivity contribution in [1.29, 1.82) is 0 Å². The van der Waals surface area contributed by atoms with Crippen LogP contribution >= 0.6 is 24.0 Å². The SMILES string of the molecule is Cl.Cn1cnc(S(=O)(=O)N2CCN(C3(C(N)NC(=O)c4ccccc4)CCCC(Cl)C3)CC2)c1. The third-order valence-electron chi connectivity index (χ3n) is 6.76. The van der Waals surface area contributed by atoms with Gasteiger partial charge in [0, 0.05) is 50.4 Å². The molecule has 1 aromatic heterocycles. The first-order valence-corrected chi connectivity index (χ1v) is 13.1. The van der Waals surface area contributed by atoms with E-state index in [1.807, 2.05) is 18.2 Å². The number of hydrogen-bond donors (Lipinski definition) is 2. The molecule has 0 spiro atoms. The topological polar surface area (TPSA) is 114 Å². The lowest BCUT2D eigenvalue weighted by Gasteiger charge is -2.53. The molecule has 1 aliphatic carbocycles. The predicted molar refractivity (Wildman–Crippen MR) is 134 cm³/mol. The van der Waals surface area contributed by atoms with Crippen molar-refractivity contribution in [3.8, 4) is 0 Å². The van der Waals surface area contributed by atoms with E-state index < -0.39 is 21.7 Å². The lowest BCUT2D eigenvalue weighted by atomic mass is 9.77. The van der Waals surface area contributed by atoms with E-state index in [1.165, 1.54) is 16.8 Å². The lowest BCUT2D eigenvalue weighted by molar-refractivity contribution is -0.00125. The van der Waals surface area contributed by atoms with Crippen molar-refractivity contribution in [2.75, 3.05) is 26.2 Å². The monoisotopic (exact) mass is 530 g/mol. The molecule has 3 N–H and O–H groups in total. The minimum absolute atomic E-state index is 0. The molecule has 1 saturated heterocycles. The third-order valence-corrected chi connectivity index (χ3v) is 8.91. The van der Waals surface area contributed by atoms with Crippen molar-refractivity contribution in [1.82, 2.24) is 24.1 Å². The van der Waals surface area contributed by atoms with E-state index in [-0.39, 0.29) is 28.7 Å². The van der Waals surface area contributed by atoms with Gasteiger partial charge in [-0.25, -0.2) is 13.4 Å². The highest BCUT2D eigenvalue weighted by molar-refractivity contribution is 7.89. The fraction of sp³-hybridized carbons (Fsp3) is 0.545. The Labute approximate surface area is 212 Å². The zero-order chi connectivity index (χ0) is 23.6. The number of piperazine rings is 1. The van der Waals surface area contributed by atoms with Gasteiger partial charge in [-0.05, 0) is 31.4 Å². The number of imidazole rings is 1. The van der Waals surface area contributed by atoms with Gasteiger partial charge in [-0.3, -0.25) is 9.69 Å². The Balaban J connectivity index is 0.00000324.